The SMILES string of the molecule is CC(C)(C)OC(=O)N[C@H]1CCCC[C@H]1Nc1ccc(C(=O)O)c(NCc2ccccc2)n1. The second-order valence-corrected chi connectivity index (χ2v) is 9.02. The first-order valence-electron chi connectivity index (χ1n) is 11.0. The highest BCUT2D eigenvalue weighted by Gasteiger charge is 2.29. The summed E-state index contributed by atoms with van der Waals surface area (Å²) in [6.45, 7) is 5.97. The number of rotatable bonds is 7. The van der Waals surface area contributed by atoms with Gasteiger partial charge in [0.05, 0.1) is 6.04 Å². The molecule has 0 radical (unpaired) electrons. The third-order valence-electron chi connectivity index (χ3n) is 5.23. The Kier molecular flexibility index (Phi) is 7.56. The van der Waals surface area contributed by atoms with Crippen LogP contribution in [0.1, 0.15) is 62.4 Å². The molecule has 0 aliphatic heterocycles. The molecular weight excluding hydrogens is 408 g/mol. The maximum atomic E-state index is 12.3. The molecule has 0 spiro atoms. The van der Waals surface area contributed by atoms with Crippen LogP contribution < -0.4 is 16.0 Å². The van der Waals surface area contributed by atoms with Crippen LogP contribution in [0.3, 0.4) is 0 Å². The number of pyridine rings is 1. The number of carboxylic acid groups (broad SMARTS) is 1. The molecular formula is C24H32N4O4. The van der Waals surface area contributed by atoms with Crippen LogP contribution in [0.25, 0.3) is 0 Å². The van der Waals surface area contributed by atoms with E-state index < -0.39 is 17.7 Å². The van der Waals surface area contributed by atoms with E-state index in [4.69, 9.17) is 4.74 Å². The van der Waals surface area contributed by atoms with Crippen LogP contribution in [0.2, 0.25) is 0 Å². The van der Waals surface area contributed by atoms with Gasteiger partial charge in [-0.1, -0.05) is 43.2 Å². The lowest BCUT2D eigenvalue weighted by Gasteiger charge is -2.33. The molecule has 172 valence electrons. The predicted molar refractivity (Wildman–Crippen MR) is 124 cm³/mol. The lowest BCUT2D eigenvalue weighted by Crippen LogP contribution is -2.49. The Labute approximate surface area is 188 Å². The summed E-state index contributed by atoms with van der Waals surface area (Å²) >= 11 is 0. The molecule has 1 amide bonds. The lowest BCUT2D eigenvalue weighted by molar-refractivity contribution is 0.0488. The van der Waals surface area contributed by atoms with Crippen molar-refractivity contribution in [1.29, 1.82) is 0 Å². The van der Waals surface area contributed by atoms with Gasteiger partial charge in [-0.3, -0.25) is 0 Å². The predicted octanol–water partition coefficient (Wildman–Crippen LogP) is 4.64. The van der Waals surface area contributed by atoms with Gasteiger partial charge in [-0.05, 0) is 51.3 Å². The third kappa shape index (κ3) is 6.87. The minimum Gasteiger partial charge on any atom is -0.478 e. The van der Waals surface area contributed by atoms with Gasteiger partial charge in [0.15, 0.2) is 0 Å². The summed E-state index contributed by atoms with van der Waals surface area (Å²) in [5, 5.41) is 19.0. The van der Waals surface area contributed by atoms with Crippen LogP contribution in [0, 0.1) is 0 Å². The Morgan fingerprint density at radius 1 is 1.06 bits per heavy atom. The first kappa shape index (κ1) is 23.4. The van der Waals surface area contributed by atoms with Gasteiger partial charge in [-0.2, -0.15) is 0 Å². The molecule has 2 aromatic rings. The summed E-state index contributed by atoms with van der Waals surface area (Å²) in [7, 11) is 0. The van der Waals surface area contributed by atoms with Crippen molar-refractivity contribution in [1.82, 2.24) is 10.3 Å². The number of benzene rings is 1. The van der Waals surface area contributed by atoms with Crippen molar-refractivity contribution in [3.63, 3.8) is 0 Å². The number of hydrogen-bond donors (Lipinski definition) is 4. The van der Waals surface area contributed by atoms with Crippen LogP contribution in [0.4, 0.5) is 16.4 Å². The molecule has 0 unspecified atom stereocenters. The standard InChI is InChI=1S/C24H32N4O4/c1-24(2,3)32-23(31)27-19-12-8-7-11-18(19)26-20-14-13-17(22(29)30)21(28-20)25-15-16-9-5-4-6-10-16/h4-6,9-10,13-14,18-19H,7-8,11-12,15H2,1-3H3,(H,27,31)(H,29,30)(H2,25,26,28)/t18-,19+/m1/s1. The van der Waals surface area contributed by atoms with E-state index in [0.29, 0.717) is 18.2 Å². The van der Waals surface area contributed by atoms with Crippen molar-refractivity contribution >= 4 is 23.7 Å². The fourth-order valence-electron chi connectivity index (χ4n) is 3.75. The van der Waals surface area contributed by atoms with E-state index in [1.54, 1.807) is 12.1 Å². The second-order valence-electron chi connectivity index (χ2n) is 9.02. The van der Waals surface area contributed by atoms with Gasteiger partial charge in [-0.15, -0.1) is 0 Å². The average Bonchev–Trinajstić information content (AvgIpc) is 2.73. The quantitative estimate of drug-likeness (QED) is 0.496. The second kappa shape index (κ2) is 10.3. The number of ether oxygens (including phenoxy) is 1. The van der Waals surface area contributed by atoms with Crippen molar-refractivity contribution in [2.24, 2.45) is 0 Å². The highest BCUT2D eigenvalue weighted by Crippen LogP contribution is 2.24. The third-order valence-corrected chi connectivity index (χ3v) is 5.23. The summed E-state index contributed by atoms with van der Waals surface area (Å²) in [5.74, 6) is -0.172. The highest BCUT2D eigenvalue weighted by atomic mass is 16.6. The Balaban J connectivity index is 1.71. The van der Waals surface area contributed by atoms with Gasteiger partial charge in [0.1, 0.15) is 22.8 Å². The fourth-order valence-corrected chi connectivity index (χ4v) is 3.75. The Morgan fingerprint density at radius 3 is 2.41 bits per heavy atom. The van der Waals surface area contributed by atoms with Gasteiger partial charge in [0.25, 0.3) is 0 Å². The van der Waals surface area contributed by atoms with E-state index >= 15 is 0 Å². The molecule has 1 aromatic carbocycles. The van der Waals surface area contributed by atoms with Crippen molar-refractivity contribution in [2.45, 2.75) is 70.7 Å². The topological polar surface area (TPSA) is 113 Å². The molecule has 1 aliphatic carbocycles. The number of hydrogen-bond acceptors (Lipinski definition) is 6. The Hall–Kier alpha value is -3.29. The van der Waals surface area contributed by atoms with Crippen LogP contribution in [-0.2, 0) is 11.3 Å². The molecule has 3 rings (SSSR count). The summed E-state index contributed by atoms with van der Waals surface area (Å²) in [6, 6.07) is 12.8. The first-order valence-corrected chi connectivity index (χ1v) is 11.0. The largest absolute Gasteiger partial charge is 0.478 e. The zero-order chi connectivity index (χ0) is 23.1. The molecule has 4 N–H and O–H groups in total. The summed E-state index contributed by atoms with van der Waals surface area (Å²) < 4.78 is 5.41. The van der Waals surface area contributed by atoms with E-state index in [0.717, 1.165) is 31.2 Å². The minimum absolute atomic E-state index is 0.0265. The van der Waals surface area contributed by atoms with Crippen LogP contribution in [0.15, 0.2) is 42.5 Å². The van der Waals surface area contributed by atoms with Crippen molar-refractivity contribution in [3.8, 4) is 0 Å². The van der Waals surface area contributed by atoms with E-state index in [1.807, 2.05) is 51.1 Å². The number of alkyl carbamates (subject to hydrolysis) is 1. The van der Waals surface area contributed by atoms with Crippen molar-refractivity contribution < 1.29 is 19.4 Å². The molecule has 1 aromatic heterocycles. The summed E-state index contributed by atoms with van der Waals surface area (Å²) in [5.41, 5.74) is 0.575. The molecule has 0 saturated heterocycles. The maximum absolute atomic E-state index is 12.3. The molecule has 1 heterocycles. The van der Waals surface area contributed by atoms with Crippen LogP contribution in [-0.4, -0.2) is 39.8 Å². The molecule has 0 bridgehead atoms. The van der Waals surface area contributed by atoms with E-state index in [1.165, 1.54) is 0 Å². The number of amides is 1. The average molecular weight is 441 g/mol. The van der Waals surface area contributed by atoms with E-state index in [-0.39, 0.29) is 17.6 Å². The number of nitrogens with zero attached hydrogens (tertiary/aromatic N) is 1. The molecule has 32 heavy (non-hydrogen) atoms. The normalized spacial score (nSPS) is 18.5. The lowest BCUT2D eigenvalue weighted by atomic mass is 9.90. The van der Waals surface area contributed by atoms with E-state index in [9.17, 15) is 14.7 Å². The molecule has 2 atom stereocenters. The van der Waals surface area contributed by atoms with Crippen LogP contribution in [0.5, 0.6) is 0 Å². The highest BCUT2D eigenvalue weighted by molar-refractivity contribution is 5.93. The van der Waals surface area contributed by atoms with Gasteiger partial charge < -0.3 is 25.8 Å². The molecule has 8 nitrogen and oxygen atoms in total. The van der Waals surface area contributed by atoms with Gasteiger partial charge in [-0.25, -0.2) is 14.6 Å². The van der Waals surface area contributed by atoms with Gasteiger partial charge in [0, 0.05) is 12.6 Å². The van der Waals surface area contributed by atoms with Gasteiger partial charge in [0.2, 0.25) is 0 Å². The monoisotopic (exact) mass is 440 g/mol. The number of carboxylic acids is 1. The Morgan fingerprint density at radius 2 is 1.75 bits per heavy atom. The molecule has 8 heteroatoms. The van der Waals surface area contributed by atoms with Crippen LogP contribution >= 0.6 is 0 Å². The number of nitrogens with one attached hydrogen (secondary N) is 3. The molecule has 1 aliphatic rings. The number of anilines is 2. The smallest absolute Gasteiger partial charge is 0.407 e. The fraction of sp³-hybridized carbons (Fsp3) is 0.458. The minimum atomic E-state index is -1.04. The molecule has 1 saturated carbocycles. The zero-order valence-corrected chi connectivity index (χ0v) is 18.9. The number of carbonyl (C=O) groups excluding carboxylic acids is 1. The zero-order valence-electron chi connectivity index (χ0n) is 18.9. The summed E-state index contributed by atoms with van der Waals surface area (Å²) in [6.07, 6.45) is 3.33. The maximum Gasteiger partial charge on any atom is 0.407 e. The van der Waals surface area contributed by atoms with Crippen molar-refractivity contribution in [2.75, 3.05) is 10.6 Å². The Bertz CT molecular complexity index is 927. The number of carbonyl (C=O) groups is 2. The van der Waals surface area contributed by atoms with Crippen molar-refractivity contribution in [3.05, 3.63) is 53.6 Å². The summed E-state index contributed by atoms with van der Waals surface area (Å²) in [4.78, 5) is 28.5. The number of aromatic nitrogens is 1. The first-order chi connectivity index (χ1) is 15.2. The van der Waals surface area contributed by atoms with Gasteiger partial charge >= 0.3 is 12.1 Å². The van der Waals surface area contributed by atoms with E-state index in [2.05, 4.69) is 20.9 Å². The molecule has 1 fully saturated rings. The number of aromatic carboxylic acids is 1.